The van der Waals surface area contributed by atoms with Crippen LogP contribution in [0.3, 0.4) is 0 Å². The van der Waals surface area contributed by atoms with Crippen molar-refractivity contribution in [2.75, 3.05) is 13.7 Å². The lowest BCUT2D eigenvalue weighted by Crippen LogP contribution is -2.24. The van der Waals surface area contributed by atoms with Crippen molar-refractivity contribution in [1.29, 1.82) is 0 Å². The maximum Gasteiger partial charge on any atom is 0.124 e. The highest BCUT2D eigenvalue weighted by molar-refractivity contribution is 9.11. The van der Waals surface area contributed by atoms with Crippen molar-refractivity contribution in [3.8, 4) is 5.75 Å². The van der Waals surface area contributed by atoms with Crippen LogP contribution >= 0.6 is 27.3 Å². The van der Waals surface area contributed by atoms with Crippen molar-refractivity contribution in [2.24, 2.45) is 0 Å². The lowest BCUT2D eigenvalue weighted by atomic mass is 9.94. The van der Waals surface area contributed by atoms with E-state index in [0.717, 1.165) is 22.5 Å². The molecule has 1 N–H and O–H groups in total. The zero-order valence-electron chi connectivity index (χ0n) is 13.0. The fourth-order valence-corrected chi connectivity index (χ4v) is 3.83. The minimum absolute atomic E-state index is 0.169. The summed E-state index contributed by atoms with van der Waals surface area (Å²) in [5, 5.41) is 5.86. The molecule has 1 atom stereocenters. The number of hydrogen-bond donors (Lipinski definition) is 1. The first-order valence-electron chi connectivity index (χ1n) is 7.19. The molecule has 0 fully saturated rings. The molecule has 2 nitrogen and oxygen atoms in total. The second-order valence-electron chi connectivity index (χ2n) is 5.27. The van der Waals surface area contributed by atoms with E-state index in [-0.39, 0.29) is 6.04 Å². The van der Waals surface area contributed by atoms with Gasteiger partial charge in [-0.15, -0.1) is 11.3 Å². The lowest BCUT2D eigenvalue weighted by Gasteiger charge is -2.23. The molecule has 0 aliphatic rings. The van der Waals surface area contributed by atoms with E-state index in [1.54, 1.807) is 18.4 Å². The molecule has 0 aliphatic heterocycles. The van der Waals surface area contributed by atoms with Gasteiger partial charge < -0.3 is 10.1 Å². The Morgan fingerprint density at radius 3 is 2.62 bits per heavy atom. The predicted octanol–water partition coefficient (Wildman–Crippen LogP) is 5.23. The van der Waals surface area contributed by atoms with Gasteiger partial charge in [0.15, 0.2) is 0 Å². The summed E-state index contributed by atoms with van der Waals surface area (Å²) in [6.07, 6.45) is 1.11. The number of methoxy groups -OCH3 is 1. The number of hydrogen-bond acceptors (Lipinski definition) is 3. The van der Waals surface area contributed by atoms with Gasteiger partial charge in [-0.25, -0.2) is 0 Å². The molecule has 0 radical (unpaired) electrons. The molecule has 1 heterocycles. The fraction of sp³-hybridized carbons (Fsp3) is 0.412. The van der Waals surface area contributed by atoms with Crippen LogP contribution in [-0.4, -0.2) is 13.7 Å². The first-order valence-corrected chi connectivity index (χ1v) is 8.86. The minimum atomic E-state index is 0.169. The van der Waals surface area contributed by atoms with Crippen molar-refractivity contribution in [2.45, 2.75) is 33.2 Å². The molecule has 0 amide bonds. The third kappa shape index (κ3) is 3.87. The van der Waals surface area contributed by atoms with Gasteiger partial charge in [-0.1, -0.05) is 13.0 Å². The molecular weight excluding hydrogens is 346 g/mol. The molecule has 114 valence electrons. The smallest absolute Gasteiger partial charge is 0.124 e. The summed E-state index contributed by atoms with van der Waals surface area (Å²) in [5.74, 6) is 0.962. The molecule has 0 spiro atoms. The highest BCUT2D eigenvalue weighted by Gasteiger charge is 2.21. The summed E-state index contributed by atoms with van der Waals surface area (Å²) in [4.78, 5) is 0. The summed E-state index contributed by atoms with van der Waals surface area (Å²) in [6.45, 7) is 7.43. The summed E-state index contributed by atoms with van der Waals surface area (Å²) in [6, 6.07) is 6.70. The van der Waals surface area contributed by atoms with Crippen LogP contribution in [0.5, 0.6) is 5.75 Å². The van der Waals surface area contributed by atoms with E-state index in [1.165, 1.54) is 22.3 Å². The number of ether oxygens (including phenoxy) is 1. The van der Waals surface area contributed by atoms with E-state index in [0.29, 0.717) is 0 Å². The fourth-order valence-electron chi connectivity index (χ4n) is 2.63. The Balaban J connectivity index is 2.50. The average Bonchev–Trinajstić information content (AvgIpc) is 2.87. The Hall–Kier alpha value is -0.840. The average molecular weight is 368 g/mol. The molecule has 1 aromatic heterocycles. The maximum absolute atomic E-state index is 5.65. The quantitative estimate of drug-likeness (QED) is 0.754. The SMILES string of the molecule is CCCNC(c1csc(Br)c1)c1c(C)cc(C)cc1OC. The second kappa shape index (κ2) is 7.43. The number of rotatable bonds is 6. The predicted molar refractivity (Wildman–Crippen MR) is 94.6 cm³/mol. The van der Waals surface area contributed by atoms with E-state index in [9.17, 15) is 0 Å². The van der Waals surface area contributed by atoms with Crippen LogP contribution in [0, 0.1) is 13.8 Å². The van der Waals surface area contributed by atoms with Gasteiger partial charge in [0.25, 0.3) is 0 Å². The summed E-state index contributed by atoms with van der Waals surface area (Å²) >= 11 is 5.29. The van der Waals surface area contributed by atoms with Crippen LogP contribution in [0.2, 0.25) is 0 Å². The minimum Gasteiger partial charge on any atom is -0.496 e. The standard InChI is InChI=1S/C17H22BrNOS/c1-5-6-19-17(13-9-15(18)21-10-13)16-12(3)7-11(2)8-14(16)20-4/h7-10,17,19H,5-6H2,1-4H3. The van der Waals surface area contributed by atoms with Gasteiger partial charge >= 0.3 is 0 Å². The highest BCUT2D eigenvalue weighted by atomic mass is 79.9. The molecule has 1 unspecified atom stereocenters. The molecule has 0 saturated heterocycles. The van der Waals surface area contributed by atoms with Gasteiger partial charge in [-0.2, -0.15) is 0 Å². The molecule has 21 heavy (non-hydrogen) atoms. The summed E-state index contributed by atoms with van der Waals surface area (Å²) < 4.78 is 6.80. The molecule has 0 bridgehead atoms. The molecule has 0 saturated carbocycles. The van der Waals surface area contributed by atoms with Crippen LogP contribution in [-0.2, 0) is 0 Å². The van der Waals surface area contributed by atoms with Gasteiger partial charge in [-0.3, -0.25) is 0 Å². The topological polar surface area (TPSA) is 21.3 Å². The van der Waals surface area contributed by atoms with Crippen molar-refractivity contribution < 1.29 is 4.74 Å². The van der Waals surface area contributed by atoms with Crippen LogP contribution in [0.25, 0.3) is 0 Å². The largest absolute Gasteiger partial charge is 0.496 e. The van der Waals surface area contributed by atoms with Crippen LogP contribution < -0.4 is 10.1 Å². The van der Waals surface area contributed by atoms with Crippen molar-refractivity contribution in [3.63, 3.8) is 0 Å². The number of aryl methyl sites for hydroxylation is 2. The van der Waals surface area contributed by atoms with Gasteiger partial charge in [-0.05, 0) is 76.9 Å². The summed E-state index contributed by atoms with van der Waals surface area (Å²) in [5.41, 5.74) is 5.02. The Kier molecular flexibility index (Phi) is 5.85. The number of nitrogens with one attached hydrogen (secondary N) is 1. The van der Waals surface area contributed by atoms with Gasteiger partial charge in [0.05, 0.1) is 16.9 Å². The van der Waals surface area contributed by atoms with Crippen LogP contribution in [0.1, 0.15) is 41.6 Å². The van der Waals surface area contributed by atoms with Crippen LogP contribution in [0.15, 0.2) is 27.4 Å². The van der Waals surface area contributed by atoms with E-state index >= 15 is 0 Å². The second-order valence-corrected chi connectivity index (χ2v) is 7.56. The monoisotopic (exact) mass is 367 g/mol. The molecule has 2 rings (SSSR count). The molecule has 0 aliphatic carbocycles. The van der Waals surface area contributed by atoms with E-state index in [1.807, 2.05) is 0 Å². The van der Waals surface area contributed by atoms with Crippen molar-refractivity contribution >= 4 is 27.3 Å². The highest BCUT2D eigenvalue weighted by Crippen LogP contribution is 2.36. The number of thiophene rings is 1. The lowest BCUT2D eigenvalue weighted by molar-refractivity contribution is 0.403. The van der Waals surface area contributed by atoms with E-state index < -0.39 is 0 Å². The van der Waals surface area contributed by atoms with Gasteiger partial charge in [0.2, 0.25) is 0 Å². The van der Waals surface area contributed by atoms with E-state index in [2.05, 4.69) is 65.6 Å². The Bertz CT molecular complexity index is 609. The molecule has 4 heteroatoms. The number of benzene rings is 1. The molecular formula is C17H22BrNOS. The van der Waals surface area contributed by atoms with Crippen LogP contribution in [0.4, 0.5) is 0 Å². The Morgan fingerprint density at radius 1 is 1.29 bits per heavy atom. The Morgan fingerprint density at radius 2 is 2.05 bits per heavy atom. The maximum atomic E-state index is 5.65. The first-order chi connectivity index (χ1) is 10.1. The number of halogens is 1. The van der Waals surface area contributed by atoms with Gasteiger partial charge in [0.1, 0.15) is 5.75 Å². The van der Waals surface area contributed by atoms with Crippen molar-refractivity contribution in [1.82, 2.24) is 5.32 Å². The zero-order chi connectivity index (χ0) is 15.4. The third-order valence-electron chi connectivity index (χ3n) is 3.52. The first kappa shape index (κ1) is 16.5. The normalized spacial score (nSPS) is 12.4. The third-order valence-corrected chi connectivity index (χ3v) is 5.04. The van der Waals surface area contributed by atoms with Crippen molar-refractivity contribution in [3.05, 3.63) is 49.6 Å². The zero-order valence-corrected chi connectivity index (χ0v) is 15.4. The van der Waals surface area contributed by atoms with E-state index in [4.69, 9.17) is 4.74 Å². The Labute approximate surface area is 139 Å². The van der Waals surface area contributed by atoms with Gasteiger partial charge in [0, 0.05) is 5.56 Å². The summed E-state index contributed by atoms with van der Waals surface area (Å²) in [7, 11) is 1.75. The molecule has 1 aromatic carbocycles. The molecule has 2 aromatic rings.